The third kappa shape index (κ3) is 3.35. The summed E-state index contributed by atoms with van der Waals surface area (Å²) in [6.07, 6.45) is 2.25. The van der Waals surface area contributed by atoms with Gasteiger partial charge in [-0.15, -0.1) is 0 Å². The zero-order valence-electron chi connectivity index (χ0n) is 12.6. The number of pyridine rings is 1. The molecule has 1 atom stereocenters. The molecule has 0 saturated carbocycles. The summed E-state index contributed by atoms with van der Waals surface area (Å²) in [7, 11) is 0. The van der Waals surface area contributed by atoms with E-state index in [4.69, 9.17) is 16.3 Å². The van der Waals surface area contributed by atoms with E-state index in [1.807, 2.05) is 11.8 Å². The molecule has 1 aliphatic heterocycles. The Morgan fingerprint density at radius 3 is 3.13 bits per heavy atom. The molecule has 122 valence electrons. The van der Waals surface area contributed by atoms with Gasteiger partial charge in [0.05, 0.1) is 12.7 Å². The molecule has 1 saturated heterocycles. The Morgan fingerprint density at radius 2 is 2.39 bits per heavy atom. The second kappa shape index (κ2) is 6.64. The predicted octanol–water partition coefficient (Wildman–Crippen LogP) is 2.24. The van der Waals surface area contributed by atoms with Crippen molar-refractivity contribution < 1.29 is 9.13 Å². The van der Waals surface area contributed by atoms with Crippen LogP contribution in [0.15, 0.2) is 23.1 Å². The summed E-state index contributed by atoms with van der Waals surface area (Å²) in [4.78, 5) is 24.5. The van der Waals surface area contributed by atoms with Crippen LogP contribution in [0.4, 0.5) is 10.2 Å². The number of halogens is 2. The summed E-state index contributed by atoms with van der Waals surface area (Å²) in [5.74, 6) is 0.0127. The van der Waals surface area contributed by atoms with Gasteiger partial charge in [-0.05, 0) is 12.5 Å². The van der Waals surface area contributed by atoms with Crippen LogP contribution in [-0.4, -0.2) is 40.8 Å². The van der Waals surface area contributed by atoms with Gasteiger partial charge >= 0.3 is 0 Å². The molecule has 1 aliphatic rings. The molecule has 0 amide bonds. The van der Waals surface area contributed by atoms with Gasteiger partial charge in [-0.25, -0.2) is 9.97 Å². The van der Waals surface area contributed by atoms with Gasteiger partial charge in [0, 0.05) is 30.9 Å². The molecule has 3 heterocycles. The molecule has 6 nitrogen and oxygen atoms in total. The van der Waals surface area contributed by atoms with E-state index >= 15 is 0 Å². The highest BCUT2D eigenvalue weighted by Crippen LogP contribution is 2.25. The lowest BCUT2D eigenvalue weighted by Gasteiger charge is -2.33. The number of rotatable bonds is 3. The van der Waals surface area contributed by atoms with E-state index in [0.29, 0.717) is 31.1 Å². The SMILES string of the molecule is CC[C@@H]1CN(c2nc(-c3ccnc(F)c3)[nH]c(=O)c2Cl)CCO1. The highest BCUT2D eigenvalue weighted by atomic mass is 35.5. The zero-order chi connectivity index (χ0) is 16.4. The molecule has 0 spiro atoms. The summed E-state index contributed by atoms with van der Waals surface area (Å²) >= 11 is 6.13. The average Bonchev–Trinajstić information content (AvgIpc) is 2.57. The van der Waals surface area contributed by atoms with Crippen LogP contribution in [0.25, 0.3) is 11.4 Å². The van der Waals surface area contributed by atoms with E-state index in [-0.39, 0.29) is 17.0 Å². The van der Waals surface area contributed by atoms with Crippen LogP contribution in [0.3, 0.4) is 0 Å². The van der Waals surface area contributed by atoms with Crippen molar-refractivity contribution in [3.05, 3.63) is 39.7 Å². The van der Waals surface area contributed by atoms with E-state index in [9.17, 15) is 9.18 Å². The predicted molar refractivity (Wildman–Crippen MR) is 85.3 cm³/mol. The van der Waals surface area contributed by atoms with E-state index in [2.05, 4.69) is 15.0 Å². The second-order valence-electron chi connectivity index (χ2n) is 5.27. The maximum absolute atomic E-state index is 13.3. The molecule has 1 N–H and O–H groups in total. The summed E-state index contributed by atoms with van der Waals surface area (Å²) in [6.45, 7) is 3.78. The van der Waals surface area contributed by atoms with Gasteiger partial charge in [-0.1, -0.05) is 18.5 Å². The number of aromatic nitrogens is 3. The van der Waals surface area contributed by atoms with Crippen molar-refractivity contribution in [2.45, 2.75) is 19.4 Å². The summed E-state index contributed by atoms with van der Waals surface area (Å²) in [5.41, 5.74) is -0.0174. The van der Waals surface area contributed by atoms with Crippen LogP contribution in [-0.2, 0) is 4.74 Å². The minimum atomic E-state index is -0.640. The lowest BCUT2D eigenvalue weighted by molar-refractivity contribution is 0.0381. The fourth-order valence-corrected chi connectivity index (χ4v) is 2.71. The third-order valence-corrected chi connectivity index (χ3v) is 4.08. The van der Waals surface area contributed by atoms with Crippen molar-refractivity contribution in [2.75, 3.05) is 24.6 Å². The molecule has 0 aliphatic carbocycles. The van der Waals surface area contributed by atoms with Gasteiger partial charge in [0.25, 0.3) is 5.56 Å². The van der Waals surface area contributed by atoms with Crippen LogP contribution in [0.5, 0.6) is 0 Å². The first-order valence-electron chi connectivity index (χ1n) is 7.36. The molecule has 2 aromatic heterocycles. The summed E-state index contributed by atoms with van der Waals surface area (Å²) in [6, 6.07) is 2.79. The molecule has 1 fully saturated rings. The number of hydrogen-bond donors (Lipinski definition) is 1. The second-order valence-corrected chi connectivity index (χ2v) is 5.64. The molecule has 0 unspecified atom stereocenters. The minimum absolute atomic E-state index is 0.0278. The first-order chi connectivity index (χ1) is 11.1. The highest BCUT2D eigenvalue weighted by molar-refractivity contribution is 6.32. The van der Waals surface area contributed by atoms with Gasteiger partial charge in [0.15, 0.2) is 5.82 Å². The van der Waals surface area contributed by atoms with Crippen molar-refractivity contribution in [2.24, 2.45) is 0 Å². The molecule has 8 heteroatoms. The zero-order valence-corrected chi connectivity index (χ0v) is 13.3. The highest BCUT2D eigenvalue weighted by Gasteiger charge is 2.24. The standard InChI is InChI=1S/C15H16ClFN4O2/c1-2-10-8-21(5-6-23-10)14-12(16)15(22)20-13(19-14)9-3-4-18-11(17)7-9/h3-4,7,10H,2,5-6,8H2,1H3,(H,19,20,22)/t10-/m1/s1. The van der Waals surface area contributed by atoms with E-state index in [1.54, 1.807) is 6.07 Å². The van der Waals surface area contributed by atoms with E-state index < -0.39 is 11.5 Å². The van der Waals surface area contributed by atoms with Crippen molar-refractivity contribution in [1.29, 1.82) is 0 Å². The Kier molecular flexibility index (Phi) is 4.58. The average molecular weight is 339 g/mol. The first kappa shape index (κ1) is 15.9. The Morgan fingerprint density at radius 1 is 1.57 bits per heavy atom. The maximum Gasteiger partial charge on any atom is 0.272 e. The molecule has 0 aromatic carbocycles. The van der Waals surface area contributed by atoms with Gasteiger partial charge in [0.1, 0.15) is 10.8 Å². The molecular formula is C15H16ClFN4O2. The van der Waals surface area contributed by atoms with Crippen molar-refractivity contribution in [3.63, 3.8) is 0 Å². The van der Waals surface area contributed by atoms with Gasteiger partial charge < -0.3 is 14.6 Å². The first-order valence-corrected chi connectivity index (χ1v) is 7.74. The quantitative estimate of drug-likeness (QED) is 0.869. The maximum atomic E-state index is 13.3. The molecule has 0 bridgehead atoms. The van der Waals surface area contributed by atoms with Crippen LogP contribution < -0.4 is 10.5 Å². The molecule has 23 heavy (non-hydrogen) atoms. The molecule has 0 radical (unpaired) electrons. The smallest absolute Gasteiger partial charge is 0.272 e. The number of nitrogens with zero attached hydrogens (tertiary/aromatic N) is 3. The van der Waals surface area contributed by atoms with Gasteiger partial charge in [-0.2, -0.15) is 4.39 Å². The van der Waals surface area contributed by atoms with Crippen LogP contribution in [0.1, 0.15) is 13.3 Å². The summed E-state index contributed by atoms with van der Waals surface area (Å²) in [5, 5.41) is 0.0278. The number of aromatic amines is 1. The van der Waals surface area contributed by atoms with Gasteiger partial charge in [-0.3, -0.25) is 4.79 Å². The van der Waals surface area contributed by atoms with Crippen LogP contribution >= 0.6 is 11.6 Å². The number of hydrogen-bond acceptors (Lipinski definition) is 5. The fourth-order valence-electron chi connectivity index (χ4n) is 2.50. The Bertz CT molecular complexity index is 767. The minimum Gasteiger partial charge on any atom is -0.375 e. The molecule has 3 rings (SSSR count). The summed E-state index contributed by atoms with van der Waals surface area (Å²) < 4.78 is 18.9. The Hall–Kier alpha value is -1.99. The monoisotopic (exact) mass is 338 g/mol. The number of nitrogens with one attached hydrogen (secondary N) is 1. The molecular weight excluding hydrogens is 323 g/mol. The number of ether oxygens (including phenoxy) is 1. The third-order valence-electron chi connectivity index (χ3n) is 3.74. The van der Waals surface area contributed by atoms with E-state index in [0.717, 1.165) is 6.42 Å². The lowest BCUT2D eigenvalue weighted by atomic mass is 10.2. The largest absolute Gasteiger partial charge is 0.375 e. The van der Waals surface area contributed by atoms with Gasteiger partial charge in [0.2, 0.25) is 5.95 Å². The number of anilines is 1. The number of H-pyrrole nitrogens is 1. The lowest BCUT2D eigenvalue weighted by Crippen LogP contribution is -2.43. The molecule has 2 aromatic rings. The Balaban J connectivity index is 2.02. The van der Waals surface area contributed by atoms with Crippen LogP contribution in [0.2, 0.25) is 5.02 Å². The van der Waals surface area contributed by atoms with Crippen molar-refractivity contribution in [3.8, 4) is 11.4 Å². The fraction of sp³-hybridized carbons (Fsp3) is 0.400. The Labute approximate surface area is 137 Å². The van der Waals surface area contributed by atoms with Crippen molar-refractivity contribution in [1.82, 2.24) is 15.0 Å². The van der Waals surface area contributed by atoms with Crippen molar-refractivity contribution >= 4 is 17.4 Å². The normalized spacial score (nSPS) is 18.2. The number of morpholine rings is 1. The topological polar surface area (TPSA) is 71.1 Å². The van der Waals surface area contributed by atoms with Crippen LogP contribution in [0, 0.1) is 5.95 Å². The van der Waals surface area contributed by atoms with E-state index in [1.165, 1.54) is 12.3 Å².